The third kappa shape index (κ3) is 7.54. The Bertz CT molecular complexity index is 2740. The van der Waals surface area contributed by atoms with Crippen LogP contribution in [0, 0.1) is 19.0 Å². The molecule has 5 aromatic carbocycles. The molecule has 0 N–H and O–H groups in total. The van der Waals surface area contributed by atoms with Gasteiger partial charge < -0.3 is 8.98 Å². The second kappa shape index (κ2) is 15.5. The van der Waals surface area contributed by atoms with Crippen LogP contribution in [-0.2, 0) is 26.7 Å². The summed E-state index contributed by atoms with van der Waals surface area (Å²) in [4.78, 5) is 14.2. The van der Waals surface area contributed by atoms with E-state index in [0.717, 1.165) is 50.0 Å². The van der Waals surface area contributed by atoms with Gasteiger partial charge in [0, 0.05) is 47.9 Å². The number of para-hydroxylation sites is 2. The Balaban J connectivity index is 0.000000238. The van der Waals surface area contributed by atoms with Gasteiger partial charge in [0.2, 0.25) is 0 Å². The van der Waals surface area contributed by atoms with Crippen molar-refractivity contribution in [3.8, 4) is 33.9 Å². The van der Waals surface area contributed by atoms with Crippen LogP contribution in [0.15, 0.2) is 150 Å². The summed E-state index contributed by atoms with van der Waals surface area (Å²) in [5.41, 5.74) is 9.02. The molecule has 9 rings (SSSR count). The molecule has 0 aliphatic carbocycles. The first-order valence-electron chi connectivity index (χ1n) is 18.8. The molecule has 4 aromatic heterocycles. The predicted molar refractivity (Wildman–Crippen MR) is 216 cm³/mol. The van der Waals surface area contributed by atoms with E-state index >= 15 is 0 Å². The van der Waals surface area contributed by atoms with Crippen LogP contribution in [-0.4, -0.2) is 32.8 Å². The molecule has 5 nitrogen and oxygen atoms in total. The van der Waals surface area contributed by atoms with Crippen molar-refractivity contribution in [1.29, 1.82) is 0 Å². The second-order valence-corrected chi connectivity index (χ2v) is 24.4. The molecule has 0 fully saturated rings. The molecular weight excluding hydrogens is 889 g/mol. The number of nitrogens with zero attached hydrogens (tertiary/aromatic N) is 4. The van der Waals surface area contributed by atoms with Crippen LogP contribution >= 0.6 is 0 Å². The summed E-state index contributed by atoms with van der Waals surface area (Å²) in [5, 5.41) is 1.87. The van der Waals surface area contributed by atoms with Crippen LogP contribution in [0.25, 0.3) is 66.9 Å². The molecule has 0 saturated heterocycles. The van der Waals surface area contributed by atoms with E-state index in [0.29, 0.717) is 23.4 Å². The van der Waals surface area contributed by atoms with E-state index in [-0.39, 0.29) is 25.7 Å². The number of aromatic nitrogens is 4. The largest absolute Gasteiger partial charge is 0 e. The first-order chi connectivity index (χ1) is 26.5. The van der Waals surface area contributed by atoms with E-state index < -0.39 is 20.1 Å². The number of furan rings is 1. The van der Waals surface area contributed by atoms with Gasteiger partial charge in [-0.2, -0.15) is 0 Å². The molecule has 263 valence electrons. The van der Waals surface area contributed by atoms with Crippen molar-refractivity contribution in [2.45, 2.75) is 30.7 Å². The minimum atomic E-state index is -2.16. The Morgan fingerprint density at radius 1 is 0.736 bits per heavy atom. The van der Waals surface area contributed by atoms with Crippen LogP contribution in [0.2, 0.25) is 17.3 Å². The minimum absolute atomic E-state index is 0. The molecule has 4 heterocycles. The average molecular weight is 931 g/mol. The van der Waals surface area contributed by atoms with E-state index in [9.17, 15) is 0 Å². The number of hydrogen-bond acceptors (Lipinski definition) is 4. The number of benzene rings is 5. The molecule has 7 heteroatoms. The van der Waals surface area contributed by atoms with Crippen molar-refractivity contribution in [2.24, 2.45) is 0 Å². The molecule has 0 aliphatic rings. The molecule has 0 atom stereocenters. The van der Waals surface area contributed by atoms with Crippen LogP contribution < -0.4 is 4.40 Å². The summed E-state index contributed by atoms with van der Waals surface area (Å²) in [5.74, 6) is 7.92. The van der Waals surface area contributed by atoms with Gasteiger partial charge in [0.15, 0.2) is 0 Å². The normalized spacial score (nSPS) is 12.4. The first-order valence-corrected chi connectivity index (χ1v) is 24.6. The SMILES string of the molecule is [2H]C([2H])([2H])c1ccc(-c2nccc3c2oc2c(-c4nc5ccccc5n4Cc4ccccc4)[c-]ccc23)cc1.[CH3][Ge]([CH3])([CH3])[c]1ccc(-c2[c-]cccc2)nc1.[Ir]. The third-order valence-electron chi connectivity index (χ3n) is 9.18. The summed E-state index contributed by atoms with van der Waals surface area (Å²) in [6.45, 7) is -1.50. The van der Waals surface area contributed by atoms with Gasteiger partial charge in [-0.25, -0.2) is 0 Å². The van der Waals surface area contributed by atoms with Crippen molar-refractivity contribution in [3.05, 3.63) is 169 Å². The van der Waals surface area contributed by atoms with Crippen LogP contribution in [0.4, 0.5) is 0 Å². The number of rotatable bonds is 6. The fourth-order valence-electron chi connectivity index (χ4n) is 6.41. The van der Waals surface area contributed by atoms with Gasteiger partial charge in [-0.3, -0.25) is 9.97 Å². The molecule has 0 bridgehead atoms. The zero-order chi connectivity index (χ0) is 38.2. The molecule has 1 radical (unpaired) electrons. The predicted octanol–water partition coefficient (Wildman–Crippen LogP) is 10.9. The molecule has 0 aliphatic heterocycles. The van der Waals surface area contributed by atoms with Gasteiger partial charge in [-0.05, 0) is 30.6 Å². The molecular formula is C46H38GeIrN4O-2. The van der Waals surface area contributed by atoms with E-state index in [1.54, 1.807) is 30.5 Å². The van der Waals surface area contributed by atoms with E-state index in [4.69, 9.17) is 13.5 Å². The molecule has 0 spiro atoms. The van der Waals surface area contributed by atoms with Gasteiger partial charge >= 0.3 is 99.8 Å². The number of pyridine rings is 2. The summed E-state index contributed by atoms with van der Waals surface area (Å²) in [6.07, 6.45) is 3.79. The standard InChI is InChI=1S/C32H22N3O.C14H16GeN.Ir/c1-21-14-16-23(17-15-21)29-31-25(18-19-33-29)24-10-7-11-26(30(24)36-31)32-34-27-12-5-6-13-28(27)35(32)20-22-8-3-2-4-9-22;1-15(2,3)13-9-10-14(16-11-13)12-7-5-4-6-8-12;/h2-10,12-19H,20H2,1H3;4-7,9-11H,1-3H3;/q2*-1;/i1D3;;. The molecule has 0 saturated carbocycles. The summed E-state index contributed by atoms with van der Waals surface area (Å²) in [6, 6.07) is 50.0. The van der Waals surface area contributed by atoms with E-state index in [1.807, 2.05) is 85.1 Å². The second-order valence-electron chi connectivity index (χ2n) is 13.8. The Hall–Kier alpha value is -5.14. The maximum absolute atomic E-state index is 7.67. The number of fused-ring (bicyclic) bond motifs is 4. The Kier molecular flexibility index (Phi) is 9.48. The van der Waals surface area contributed by atoms with Crippen LogP contribution in [0.3, 0.4) is 0 Å². The van der Waals surface area contributed by atoms with E-state index in [1.165, 1.54) is 9.96 Å². The van der Waals surface area contributed by atoms with Crippen LogP contribution in [0.1, 0.15) is 15.2 Å². The Morgan fingerprint density at radius 2 is 1.51 bits per heavy atom. The minimum Gasteiger partial charge on any atom is 0 e. The Morgan fingerprint density at radius 3 is 2.25 bits per heavy atom. The quantitative estimate of drug-likeness (QED) is 0.123. The van der Waals surface area contributed by atoms with E-state index in [2.05, 4.69) is 74.3 Å². The molecule has 0 amide bonds. The van der Waals surface area contributed by atoms with Gasteiger partial charge in [0.05, 0.1) is 22.4 Å². The number of imidazole rings is 1. The smallest absolute Gasteiger partial charge is 0 e. The number of aryl methyl sites for hydroxylation is 1. The summed E-state index contributed by atoms with van der Waals surface area (Å²) >= 11 is -1.72. The average Bonchev–Trinajstić information content (AvgIpc) is 3.77. The first kappa shape index (κ1) is 32.5. The zero-order valence-corrected chi connectivity index (χ0v) is 34.1. The zero-order valence-electron chi connectivity index (χ0n) is 32.6. The maximum atomic E-state index is 7.67. The summed E-state index contributed by atoms with van der Waals surface area (Å²) < 4.78 is 33.2. The van der Waals surface area contributed by atoms with Gasteiger partial charge in [0.25, 0.3) is 0 Å². The van der Waals surface area contributed by atoms with Gasteiger partial charge in [-0.1, -0.05) is 83.2 Å². The van der Waals surface area contributed by atoms with Crippen molar-refractivity contribution in [3.63, 3.8) is 0 Å². The summed E-state index contributed by atoms with van der Waals surface area (Å²) in [7, 11) is 0. The topological polar surface area (TPSA) is 56.7 Å². The fourth-order valence-corrected chi connectivity index (χ4v) is 8.58. The maximum Gasteiger partial charge on any atom is 0 e. The van der Waals surface area contributed by atoms with Crippen molar-refractivity contribution >= 4 is 50.6 Å². The monoisotopic (exact) mass is 932 g/mol. The van der Waals surface area contributed by atoms with Gasteiger partial charge in [-0.15, -0.1) is 18.2 Å². The molecule has 53 heavy (non-hydrogen) atoms. The van der Waals surface area contributed by atoms with Crippen molar-refractivity contribution in [1.82, 2.24) is 19.5 Å². The van der Waals surface area contributed by atoms with Crippen molar-refractivity contribution < 1.29 is 28.6 Å². The number of hydrogen-bond donors (Lipinski definition) is 0. The van der Waals surface area contributed by atoms with Crippen molar-refractivity contribution in [2.75, 3.05) is 0 Å². The van der Waals surface area contributed by atoms with Gasteiger partial charge in [0.1, 0.15) is 11.3 Å². The molecule has 9 aromatic rings. The Labute approximate surface area is 330 Å². The van der Waals surface area contributed by atoms with Crippen LogP contribution in [0.5, 0.6) is 0 Å². The third-order valence-corrected chi connectivity index (χ3v) is 13.4. The molecule has 0 unspecified atom stereocenters. The fraction of sp³-hybridized carbons (Fsp3) is 0.109.